The minimum Gasteiger partial charge on any atom is -0.494 e. The van der Waals surface area contributed by atoms with Crippen molar-refractivity contribution in [3.63, 3.8) is 0 Å². The number of hydrogen-bond acceptors (Lipinski definition) is 3. The van der Waals surface area contributed by atoms with Crippen molar-refractivity contribution in [3.8, 4) is 5.75 Å². The Kier molecular flexibility index (Phi) is 6.25. The molecular formula is C18H28N2O2. The van der Waals surface area contributed by atoms with Crippen molar-refractivity contribution >= 4 is 5.91 Å². The van der Waals surface area contributed by atoms with Gasteiger partial charge in [0.15, 0.2) is 0 Å². The Labute approximate surface area is 133 Å². The third-order valence-electron chi connectivity index (χ3n) is 4.43. The molecule has 0 bridgehead atoms. The van der Waals surface area contributed by atoms with Gasteiger partial charge >= 0.3 is 0 Å². The van der Waals surface area contributed by atoms with E-state index in [-0.39, 0.29) is 11.9 Å². The zero-order chi connectivity index (χ0) is 15.9. The van der Waals surface area contributed by atoms with Gasteiger partial charge in [0.2, 0.25) is 5.91 Å². The van der Waals surface area contributed by atoms with Gasteiger partial charge in [0, 0.05) is 25.6 Å². The molecule has 1 aliphatic rings. The van der Waals surface area contributed by atoms with Crippen molar-refractivity contribution in [3.05, 3.63) is 29.8 Å². The molecule has 4 nitrogen and oxygen atoms in total. The van der Waals surface area contributed by atoms with Gasteiger partial charge in [-0.25, -0.2) is 0 Å². The summed E-state index contributed by atoms with van der Waals surface area (Å²) in [6, 6.07) is 8.13. The summed E-state index contributed by atoms with van der Waals surface area (Å²) < 4.78 is 5.62. The number of carbonyl (C=O) groups excluding carboxylic acids is 1. The summed E-state index contributed by atoms with van der Waals surface area (Å²) in [6.07, 6.45) is 3.46. The monoisotopic (exact) mass is 304 g/mol. The Morgan fingerprint density at radius 2 is 2.23 bits per heavy atom. The Morgan fingerprint density at radius 3 is 2.95 bits per heavy atom. The lowest BCUT2D eigenvalue weighted by Crippen LogP contribution is -2.45. The van der Waals surface area contributed by atoms with Gasteiger partial charge in [-0.15, -0.1) is 0 Å². The number of amides is 1. The van der Waals surface area contributed by atoms with E-state index in [2.05, 4.69) is 0 Å². The maximum Gasteiger partial charge on any atom is 0.222 e. The molecule has 1 aromatic carbocycles. The molecule has 0 aliphatic carbocycles. The van der Waals surface area contributed by atoms with Gasteiger partial charge in [0.25, 0.3) is 0 Å². The summed E-state index contributed by atoms with van der Waals surface area (Å²) in [6.45, 7) is 6.34. The second kappa shape index (κ2) is 8.18. The molecule has 1 aliphatic heterocycles. The Hall–Kier alpha value is -1.55. The van der Waals surface area contributed by atoms with Gasteiger partial charge in [-0.1, -0.05) is 18.2 Å². The van der Waals surface area contributed by atoms with E-state index in [0.717, 1.165) is 43.7 Å². The van der Waals surface area contributed by atoms with Crippen molar-refractivity contribution < 1.29 is 9.53 Å². The lowest BCUT2D eigenvalue weighted by Gasteiger charge is -2.34. The summed E-state index contributed by atoms with van der Waals surface area (Å²) in [4.78, 5) is 14.4. The predicted octanol–water partition coefficient (Wildman–Crippen LogP) is 2.60. The van der Waals surface area contributed by atoms with Crippen LogP contribution in [0.3, 0.4) is 0 Å². The fourth-order valence-electron chi connectivity index (χ4n) is 3.07. The van der Waals surface area contributed by atoms with Crippen LogP contribution in [-0.4, -0.2) is 36.5 Å². The molecule has 4 heteroatoms. The van der Waals surface area contributed by atoms with Gasteiger partial charge in [-0.05, 0) is 50.7 Å². The molecule has 0 unspecified atom stereocenters. The molecule has 1 fully saturated rings. The van der Waals surface area contributed by atoms with Gasteiger partial charge in [0.1, 0.15) is 5.75 Å². The van der Waals surface area contributed by atoms with Crippen LogP contribution in [0.15, 0.2) is 24.3 Å². The summed E-state index contributed by atoms with van der Waals surface area (Å²) in [5.41, 5.74) is 7.10. The van der Waals surface area contributed by atoms with E-state index >= 15 is 0 Å². The highest BCUT2D eigenvalue weighted by atomic mass is 16.5. The van der Waals surface area contributed by atoms with Crippen molar-refractivity contribution in [2.75, 3.05) is 19.7 Å². The highest BCUT2D eigenvalue weighted by Gasteiger charge is 2.25. The highest BCUT2D eigenvalue weighted by molar-refractivity contribution is 5.76. The number of ether oxygens (including phenoxy) is 1. The lowest BCUT2D eigenvalue weighted by atomic mass is 9.92. The number of carbonyl (C=O) groups is 1. The zero-order valence-electron chi connectivity index (χ0n) is 13.8. The van der Waals surface area contributed by atoms with Gasteiger partial charge in [-0.3, -0.25) is 4.79 Å². The molecule has 1 aromatic rings. The average molecular weight is 304 g/mol. The number of benzene rings is 1. The number of likely N-dealkylation sites (tertiary alicyclic amines) is 1. The smallest absolute Gasteiger partial charge is 0.222 e. The quantitative estimate of drug-likeness (QED) is 0.879. The fraction of sp³-hybridized carbons (Fsp3) is 0.611. The maximum absolute atomic E-state index is 12.5. The Balaban J connectivity index is 1.90. The van der Waals surface area contributed by atoms with Crippen molar-refractivity contribution in [1.29, 1.82) is 0 Å². The van der Waals surface area contributed by atoms with Crippen LogP contribution in [0.25, 0.3) is 0 Å². The van der Waals surface area contributed by atoms with E-state index in [1.165, 1.54) is 0 Å². The minimum absolute atomic E-state index is 0.161. The van der Waals surface area contributed by atoms with E-state index in [0.29, 0.717) is 18.9 Å². The SMILES string of the molecule is CCOc1ccccc1CCC(=O)N1CCC[C@@H]([C@@H](C)N)C1. The number of rotatable bonds is 6. The van der Waals surface area contributed by atoms with Crippen LogP contribution >= 0.6 is 0 Å². The van der Waals surface area contributed by atoms with Gasteiger partial charge in [-0.2, -0.15) is 0 Å². The standard InChI is InChI=1S/C18H28N2O2/c1-3-22-17-9-5-4-7-15(17)10-11-18(21)20-12-6-8-16(13-20)14(2)19/h4-5,7,9,14,16H,3,6,8,10-13,19H2,1-2H3/t14-,16-/m1/s1. The molecule has 0 radical (unpaired) electrons. The first-order chi connectivity index (χ1) is 10.6. The maximum atomic E-state index is 12.5. The summed E-state index contributed by atoms with van der Waals surface area (Å²) in [7, 11) is 0. The van der Waals surface area contributed by atoms with Crippen LogP contribution in [0.4, 0.5) is 0 Å². The van der Waals surface area contributed by atoms with E-state index in [1.807, 2.05) is 43.0 Å². The molecule has 0 aromatic heterocycles. The minimum atomic E-state index is 0.161. The number of nitrogens with zero attached hydrogens (tertiary/aromatic N) is 1. The van der Waals surface area contributed by atoms with Crippen LogP contribution < -0.4 is 10.5 Å². The normalized spacial score (nSPS) is 19.8. The van der Waals surface area contributed by atoms with Gasteiger partial charge < -0.3 is 15.4 Å². The van der Waals surface area contributed by atoms with Gasteiger partial charge in [0.05, 0.1) is 6.61 Å². The van der Waals surface area contributed by atoms with Crippen LogP contribution in [-0.2, 0) is 11.2 Å². The molecule has 1 amide bonds. The number of para-hydroxylation sites is 1. The van der Waals surface area contributed by atoms with Crippen molar-refractivity contribution in [2.45, 2.75) is 45.6 Å². The number of hydrogen-bond donors (Lipinski definition) is 1. The van der Waals surface area contributed by atoms with Crippen LogP contribution in [0.1, 0.15) is 38.7 Å². The largest absolute Gasteiger partial charge is 0.494 e. The molecular weight excluding hydrogens is 276 g/mol. The summed E-state index contributed by atoms with van der Waals surface area (Å²) in [5.74, 6) is 1.56. The third-order valence-corrected chi connectivity index (χ3v) is 4.43. The number of aryl methyl sites for hydroxylation is 1. The van der Waals surface area contributed by atoms with E-state index in [9.17, 15) is 4.79 Å². The Bertz CT molecular complexity index is 488. The highest BCUT2D eigenvalue weighted by Crippen LogP contribution is 2.22. The Morgan fingerprint density at radius 1 is 1.45 bits per heavy atom. The van der Waals surface area contributed by atoms with Crippen LogP contribution in [0.5, 0.6) is 5.75 Å². The van der Waals surface area contributed by atoms with Crippen LogP contribution in [0.2, 0.25) is 0 Å². The molecule has 0 saturated carbocycles. The molecule has 2 rings (SSSR count). The molecule has 0 spiro atoms. The second-order valence-corrected chi connectivity index (χ2v) is 6.14. The first kappa shape index (κ1) is 16.8. The molecule has 1 heterocycles. The second-order valence-electron chi connectivity index (χ2n) is 6.14. The molecule has 22 heavy (non-hydrogen) atoms. The van der Waals surface area contributed by atoms with Crippen molar-refractivity contribution in [2.24, 2.45) is 11.7 Å². The first-order valence-electron chi connectivity index (χ1n) is 8.36. The van der Waals surface area contributed by atoms with E-state index < -0.39 is 0 Å². The van der Waals surface area contributed by atoms with E-state index in [1.54, 1.807) is 0 Å². The molecule has 122 valence electrons. The third kappa shape index (κ3) is 4.47. The summed E-state index contributed by atoms with van der Waals surface area (Å²) >= 11 is 0. The first-order valence-corrected chi connectivity index (χ1v) is 8.36. The molecule has 2 atom stereocenters. The van der Waals surface area contributed by atoms with Crippen LogP contribution in [0, 0.1) is 5.92 Å². The zero-order valence-corrected chi connectivity index (χ0v) is 13.8. The average Bonchev–Trinajstić information content (AvgIpc) is 2.54. The number of nitrogens with two attached hydrogens (primary N) is 1. The summed E-state index contributed by atoms with van der Waals surface area (Å²) in [5, 5.41) is 0. The molecule has 2 N–H and O–H groups in total. The fourth-order valence-corrected chi connectivity index (χ4v) is 3.07. The topological polar surface area (TPSA) is 55.6 Å². The van der Waals surface area contributed by atoms with Crippen molar-refractivity contribution in [1.82, 2.24) is 4.90 Å². The lowest BCUT2D eigenvalue weighted by molar-refractivity contribution is -0.133. The number of piperidine rings is 1. The molecule has 1 saturated heterocycles. The predicted molar refractivity (Wildman–Crippen MR) is 88.9 cm³/mol. The van der Waals surface area contributed by atoms with E-state index in [4.69, 9.17) is 10.5 Å².